The minimum Gasteiger partial charge on any atom is -0.335 e. The van der Waals surface area contributed by atoms with Gasteiger partial charge in [-0.05, 0) is 41.5 Å². The van der Waals surface area contributed by atoms with Crippen LogP contribution < -0.4 is 10.6 Å². The number of tetrazole rings is 1. The summed E-state index contributed by atoms with van der Waals surface area (Å²) >= 11 is 7.11. The molecular formula is C15H17ClN6O2S. The lowest BCUT2D eigenvalue weighted by molar-refractivity contribution is -0.117. The average Bonchev–Trinajstić information content (AvgIpc) is 3.24. The fourth-order valence-electron chi connectivity index (χ4n) is 2.62. The number of carbonyl (C=O) groups excluding carboxylic acids is 2. The monoisotopic (exact) mass is 380 g/mol. The summed E-state index contributed by atoms with van der Waals surface area (Å²) in [5.41, 5.74) is 0.694. The summed E-state index contributed by atoms with van der Waals surface area (Å²) in [6.07, 6.45) is 4.15. The topological polar surface area (TPSA) is 102 Å². The molecule has 1 aliphatic rings. The Morgan fingerprint density at radius 2 is 2.12 bits per heavy atom. The molecule has 0 radical (unpaired) electrons. The molecular weight excluding hydrogens is 364 g/mol. The van der Waals surface area contributed by atoms with Crippen LogP contribution in [0.3, 0.4) is 0 Å². The van der Waals surface area contributed by atoms with Crippen LogP contribution in [-0.4, -0.2) is 43.9 Å². The van der Waals surface area contributed by atoms with Gasteiger partial charge in [-0.2, -0.15) is 4.68 Å². The van der Waals surface area contributed by atoms with Crippen molar-refractivity contribution < 1.29 is 9.59 Å². The second kappa shape index (κ2) is 8.30. The molecule has 25 heavy (non-hydrogen) atoms. The minimum atomic E-state index is -0.452. The zero-order chi connectivity index (χ0) is 17.6. The Bertz CT molecular complexity index is 762. The van der Waals surface area contributed by atoms with Crippen LogP contribution in [0.5, 0.6) is 0 Å². The van der Waals surface area contributed by atoms with E-state index in [1.165, 1.54) is 4.68 Å². The van der Waals surface area contributed by atoms with E-state index in [1.54, 1.807) is 24.3 Å². The van der Waals surface area contributed by atoms with Gasteiger partial charge in [-0.1, -0.05) is 42.3 Å². The lowest BCUT2D eigenvalue weighted by Crippen LogP contribution is -2.44. The van der Waals surface area contributed by atoms with Crippen molar-refractivity contribution in [1.29, 1.82) is 0 Å². The van der Waals surface area contributed by atoms with E-state index < -0.39 is 11.9 Å². The van der Waals surface area contributed by atoms with Crippen LogP contribution in [-0.2, 0) is 4.79 Å². The Morgan fingerprint density at radius 1 is 1.32 bits per heavy atom. The van der Waals surface area contributed by atoms with Crippen LogP contribution in [0.15, 0.2) is 29.4 Å². The third-order valence-corrected chi connectivity index (χ3v) is 4.92. The highest BCUT2D eigenvalue weighted by atomic mass is 35.5. The first-order valence-electron chi connectivity index (χ1n) is 7.89. The van der Waals surface area contributed by atoms with Gasteiger partial charge < -0.3 is 5.32 Å². The number of hydrogen-bond donors (Lipinski definition) is 2. The lowest BCUT2D eigenvalue weighted by atomic mass is 10.2. The predicted molar refractivity (Wildman–Crippen MR) is 93.8 cm³/mol. The number of rotatable bonds is 5. The number of thioether (sulfide) groups is 1. The van der Waals surface area contributed by atoms with Gasteiger partial charge in [-0.15, -0.1) is 5.10 Å². The number of urea groups is 1. The normalized spacial score (nSPS) is 14.4. The van der Waals surface area contributed by atoms with E-state index >= 15 is 0 Å². The fourth-order valence-corrected chi connectivity index (χ4v) is 3.50. The zero-order valence-corrected chi connectivity index (χ0v) is 14.9. The maximum absolute atomic E-state index is 11.9. The second-order valence-corrected chi connectivity index (χ2v) is 7.02. The summed E-state index contributed by atoms with van der Waals surface area (Å²) in [5, 5.41) is 17.6. The van der Waals surface area contributed by atoms with Crippen LogP contribution in [0, 0.1) is 0 Å². The van der Waals surface area contributed by atoms with Crippen molar-refractivity contribution in [3.8, 4) is 5.69 Å². The van der Waals surface area contributed by atoms with Crippen LogP contribution in [0.4, 0.5) is 4.79 Å². The third-order valence-electron chi connectivity index (χ3n) is 3.77. The summed E-state index contributed by atoms with van der Waals surface area (Å²) < 4.78 is 1.49. The van der Waals surface area contributed by atoms with Crippen LogP contribution in [0.2, 0.25) is 5.02 Å². The fraction of sp³-hybridized carbons (Fsp3) is 0.400. The van der Waals surface area contributed by atoms with E-state index in [0.29, 0.717) is 15.9 Å². The van der Waals surface area contributed by atoms with Crippen molar-refractivity contribution >= 4 is 35.3 Å². The van der Waals surface area contributed by atoms with Crippen molar-refractivity contribution in [2.24, 2.45) is 0 Å². The Hall–Kier alpha value is -2.13. The smallest absolute Gasteiger partial charge is 0.321 e. The molecule has 1 saturated carbocycles. The Balaban J connectivity index is 1.52. The largest absolute Gasteiger partial charge is 0.335 e. The second-order valence-electron chi connectivity index (χ2n) is 5.64. The van der Waals surface area contributed by atoms with Gasteiger partial charge in [0, 0.05) is 11.1 Å². The van der Waals surface area contributed by atoms with E-state index in [9.17, 15) is 9.59 Å². The molecule has 8 nitrogen and oxygen atoms in total. The molecule has 2 aromatic rings. The number of aromatic nitrogens is 4. The number of nitrogens with one attached hydrogen (secondary N) is 2. The molecule has 132 valence electrons. The van der Waals surface area contributed by atoms with Gasteiger partial charge in [-0.3, -0.25) is 10.1 Å². The number of carbonyl (C=O) groups is 2. The van der Waals surface area contributed by atoms with Crippen LogP contribution in [0.25, 0.3) is 5.69 Å². The summed E-state index contributed by atoms with van der Waals surface area (Å²) in [7, 11) is 0. The van der Waals surface area contributed by atoms with Crippen LogP contribution in [0.1, 0.15) is 25.7 Å². The molecule has 10 heteroatoms. The number of halogens is 1. The standard InChI is InChI=1S/C15H17ClN6O2S/c16-10-4-3-7-12(8-10)22-15(19-20-21-22)25-9-13(23)18-14(24)17-11-5-1-2-6-11/h3-4,7-8,11H,1-2,5-6,9H2,(H2,17,18,23,24). The first-order chi connectivity index (χ1) is 12.1. The van der Waals surface area contributed by atoms with E-state index in [-0.39, 0.29) is 11.8 Å². The molecule has 0 bridgehead atoms. The number of imide groups is 1. The Kier molecular flexibility index (Phi) is 5.87. The van der Waals surface area contributed by atoms with Gasteiger partial charge in [0.15, 0.2) is 0 Å². The summed E-state index contributed by atoms with van der Waals surface area (Å²) in [6.45, 7) is 0. The molecule has 0 saturated heterocycles. The van der Waals surface area contributed by atoms with Crippen molar-refractivity contribution in [3.63, 3.8) is 0 Å². The number of nitrogens with zero attached hydrogens (tertiary/aromatic N) is 4. The van der Waals surface area contributed by atoms with Gasteiger partial charge in [0.2, 0.25) is 11.1 Å². The maximum Gasteiger partial charge on any atom is 0.321 e. The van der Waals surface area contributed by atoms with E-state index in [4.69, 9.17) is 11.6 Å². The first kappa shape index (κ1) is 17.7. The molecule has 1 aliphatic carbocycles. The molecule has 1 fully saturated rings. The van der Waals surface area contributed by atoms with E-state index in [0.717, 1.165) is 37.4 Å². The van der Waals surface area contributed by atoms with Gasteiger partial charge in [-0.25, -0.2) is 4.79 Å². The number of amides is 3. The average molecular weight is 381 g/mol. The van der Waals surface area contributed by atoms with E-state index in [1.807, 2.05) is 0 Å². The summed E-state index contributed by atoms with van der Waals surface area (Å²) in [6, 6.07) is 6.77. The molecule has 0 unspecified atom stereocenters. The van der Waals surface area contributed by atoms with E-state index in [2.05, 4.69) is 26.2 Å². The molecule has 1 heterocycles. The van der Waals surface area contributed by atoms with Crippen LogP contribution >= 0.6 is 23.4 Å². The number of benzene rings is 1. The minimum absolute atomic E-state index is 0.0268. The van der Waals surface area contributed by atoms with Crippen molar-refractivity contribution in [2.75, 3.05) is 5.75 Å². The summed E-state index contributed by atoms with van der Waals surface area (Å²) in [4.78, 5) is 23.7. The van der Waals surface area contributed by atoms with Gasteiger partial charge in [0.1, 0.15) is 0 Å². The summed E-state index contributed by atoms with van der Waals surface area (Å²) in [5.74, 6) is -0.375. The molecule has 1 aromatic carbocycles. The molecule has 0 atom stereocenters. The van der Waals surface area contributed by atoms with Crippen molar-refractivity contribution in [3.05, 3.63) is 29.3 Å². The van der Waals surface area contributed by atoms with Gasteiger partial charge in [0.05, 0.1) is 11.4 Å². The molecule has 3 rings (SSSR count). The highest BCUT2D eigenvalue weighted by Gasteiger charge is 2.19. The van der Waals surface area contributed by atoms with Crippen molar-refractivity contribution in [2.45, 2.75) is 36.9 Å². The number of hydrogen-bond acceptors (Lipinski definition) is 6. The van der Waals surface area contributed by atoms with Crippen molar-refractivity contribution in [1.82, 2.24) is 30.8 Å². The highest BCUT2D eigenvalue weighted by molar-refractivity contribution is 7.99. The quantitative estimate of drug-likeness (QED) is 0.771. The molecule has 3 amide bonds. The third kappa shape index (κ3) is 4.93. The lowest BCUT2D eigenvalue weighted by Gasteiger charge is -2.12. The molecule has 2 N–H and O–H groups in total. The Labute approximate surface area is 153 Å². The highest BCUT2D eigenvalue weighted by Crippen LogP contribution is 2.20. The maximum atomic E-state index is 11.9. The molecule has 0 aliphatic heterocycles. The van der Waals surface area contributed by atoms with Gasteiger partial charge >= 0.3 is 6.03 Å². The molecule has 1 aromatic heterocycles. The zero-order valence-electron chi connectivity index (χ0n) is 13.3. The first-order valence-corrected chi connectivity index (χ1v) is 9.25. The SMILES string of the molecule is O=C(CSc1nnnn1-c1cccc(Cl)c1)NC(=O)NC1CCCC1. The predicted octanol–water partition coefficient (Wildman–Crippen LogP) is 2.18. The molecule has 0 spiro atoms. The van der Waals surface area contributed by atoms with Gasteiger partial charge in [0.25, 0.3) is 0 Å². The Morgan fingerprint density at radius 3 is 2.88 bits per heavy atom.